The molecule has 1 aromatic heterocycles. The average Bonchev–Trinajstić information content (AvgIpc) is 2.80. The predicted octanol–water partition coefficient (Wildman–Crippen LogP) is 4.98. The maximum absolute atomic E-state index is 6.57. The Kier molecular flexibility index (Phi) is 3.07. The average molecular weight is 294 g/mol. The van der Waals surface area contributed by atoms with Crippen LogP contribution in [0.4, 0.5) is 0 Å². The molecule has 0 bridgehead atoms. The van der Waals surface area contributed by atoms with Gasteiger partial charge in [0.25, 0.3) is 0 Å². The Morgan fingerprint density at radius 3 is 1.05 bits per heavy atom. The van der Waals surface area contributed by atoms with Crippen molar-refractivity contribution in [2.24, 2.45) is 0 Å². The van der Waals surface area contributed by atoms with Crippen LogP contribution in [0.15, 0.2) is 0 Å². The number of hydrogen-bond acceptors (Lipinski definition) is 1. The van der Waals surface area contributed by atoms with Gasteiger partial charge < -0.3 is 5.84 Å². The van der Waals surface area contributed by atoms with Gasteiger partial charge in [0.1, 0.15) is 0 Å². The molecule has 3 rings (SSSR count). The van der Waals surface area contributed by atoms with Crippen molar-refractivity contribution in [1.29, 1.82) is 0 Å². The van der Waals surface area contributed by atoms with Crippen LogP contribution in [0.1, 0.15) is 44.5 Å². The molecule has 3 aromatic rings. The molecule has 2 heteroatoms. The third-order valence-electron chi connectivity index (χ3n) is 6.04. The fraction of sp³-hybridized carbons (Fsp3) is 0.400. The van der Waals surface area contributed by atoms with E-state index in [4.69, 9.17) is 5.84 Å². The van der Waals surface area contributed by atoms with E-state index in [0.717, 1.165) is 0 Å². The van der Waals surface area contributed by atoms with Gasteiger partial charge in [-0.1, -0.05) is 0 Å². The van der Waals surface area contributed by atoms with E-state index >= 15 is 0 Å². The third-order valence-corrected chi connectivity index (χ3v) is 6.04. The number of nitrogens with two attached hydrogens (primary N) is 1. The first kappa shape index (κ1) is 15.0. The molecule has 1 heterocycles. The van der Waals surface area contributed by atoms with Gasteiger partial charge in [0, 0.05) is 10.8 Å². The van der Waals surface area contributed by atoms with E-state index in [2.05, 4.69) is 55.4 Å². The van der Waals surface area contributed by atoms with Crippen LogP contribution >= 0.6 is 0 Å². The fourth-order valence-electron chi connectivity index (χ4n) is 3.91. The SMILES string of the molecule is Cc1c(C)c(C)c2c(c1C)c1c(C)c(C)c(C)c(C)c1n2N. The molecule has 0 fully saturated rings. The van der Waals surface area contributed by atoms with Gasteiger partial charge in [0.2, 0.25) is 0 Å². The Bertz CT molecular complexity index is 879. The topological polar surface area (TPSA) is 30.9 Å². The lowest BCUT2D eigenvalue weighted by molar-refractivity contribution is 1.08. The number of nitrogens with zero attached hydrogens (tertiary/aromatic N) is 1. The lowest BCUT2D eigenvalue weighted by Crippen LogP contribution is -2.10. The minimum absolute atomic E-state index is 1.19. The minimum Gasteiger partial charge on any atom is -0.339 e. The van der Waals surface area contributed by atoms with Crippen molar-refractivity contribution in [2.75, 3.05) is 5.84 Å². The number of fused-ring (bicyclic) bond motifs is 3. The molecule has 0 aliphatic rings. The first-order chi connectivity index (χ1) is 10.2. The van der Waals surface area contributed by atoms with Crippen LogP contribution in [0.5, 0.6) is 0 Å². The molecule has 116 valence electrons. The molecule has 0 aliphatic carbocycles. The van der Waals surface area contributed by atoms with Gasteiger partial charge in [-0.3, -0.25) is 4.68 Å². The third kappa shape index (κ3) is 1.55. The van der Waals surface area contributed by atoms with Crippen LogP contribution in [-0.2, 0) is 0 Å². The number of rotatable bonds is 0. The van der Waals surface area contributed by atoms with Crippen molar-refractivity contribution in [3.05, 3.63) is 44.5 Å². The van der Waals surface area contributed by atoms with E-state index < -0.39 is 0 Å². The number of nitrogen functional groups attached to an aromatic ring is 1. The van der Waals surface area contributed by atoms with Gasteiger partial charge in [-0.25, -0.2) is 0 Å². The Balaban J connectivity index is 2.81. The molecule has 0 amide bonds. The standard InChI is InChI=1S/C20H26N2/c1-9-11(3)15(7)19-17(13(9)5)18-14(6)10(2)12(4)16(8)20(18)22(19)21/h21H2,1-8H3. The van der Waals surface area contributed by atoms with Crippen molar-refractivity contribution < 1.29 is 0 Å². The molecule has 0 saturated heterocycles. The summed E-state index contributed by atoms with van der Waals surface area (Å²) in [5.41, 5.74) is 13.2. The Labute approximate surface area is 132 Å². The highest BCUT2D eigenvalue weighted by Crippen LogP contribution is 2.40. The van der Waals surface area contributed by atoms with E-state index in [1.54, 1.807) is 0 Å². The van der Waals surface area contributed by atoms with Crippen molar-refractivity contribution in [1.82, 2.24) is 4.68 Å². The Morgan fingerprint density at radius 1 is 0.455 bits per heavy atom. The smallest absolute Gasteiger partial charge is 0.0738 e. The van der Waals surface area contributed by atoms with Crippen LogP contribution in [0.25, 0.3) is 21.8 Å². The van der Waals surface area contributed by atoms with E-state index in [1.165, 1.54) is 66.3 Å². The first-order valence-corrected chi connectivity index (χ1v) is 7.96. The number of benzene rings is 2. The van der Waals surface area contributed by atoms with Gasteiger partial charge in [0.05, 0.1) is 11.0 Å². The summed E-state index contributed by atoms with van der Waals surface area (Å²) in [4.78, 5) is 0. The maximum atomic E-state index is 6.57. The van der Waals surface area contributed by atoms with E-state index in [0.29, 0.717) is 0 Å². The largest absolute Gasteiger partial charge is 0.339 e. The summed E-state index contributed by atoms with van der Waals surface area (Å²) in [7, 11) is 0. The first-order valence-electron chi connectivity index (χ1n) is 7.96. The summed E-state index contributed by atoms with van der Waals surface area (Å²) in [6, 6.07) is 0. The zero-order valence-corrected chi connectivity index (χ0v) is 15.0. The minimum atomic E-state index is 1.19. The monoisotopic (exact) mass is 294 g/mol. The summed E-state index contributed by atoms with van der Waals surface area (Å²) in [5.74, 6) is 6.57. The molecule has 0 spiro atoms. The normalized spacial score (nSPS) is 11.8. The van der Waals surface area contributed by atoms with Crippen LogP contribution in [0, 0.1) is 55.4 Å². The second kappa shape index (κ2) is 4.52. The zero-order valence-electron chi connectivity index (χ0n) is 15.0. The molecular weight excluding hydrogens is 268 g/mol. The van der Waals surface area contributed by atoms with Gasteiger partial charge in [0.15, 0.2) is 0 Å². The summed E-state index contributed by atoms with van der Waals surface area (Å²) in [6.45, 7) is 17.7. The van der Waals surface area contributed by atoms with E-state index in [-0.39, 0.29) is 0 Å². The molecule has 0 aliphatic heterocycles. The van der Waals surface area contributed by atoms with Gasteiger partial charge in [-0.15, -0.1) is 0 Å². The summed E-state index contributed by atoms with van der Waals surface area (Å²) in [5, 5.41) is 2.67. The summed E-state index contributed by atoms with van der Waals surface area (Å²) in [6.07, 6.45) is 0. The van der Waals surface area contributed by atoms with Crippen molar-refractivity contribution in [3.63, 3.8) is 0 Å². The second-order valence-corrected chi connectivity index (χ2v) is 6.82. The van der Waals surface area contributed by atoms with Crippen molar-refractivity contribution in [2.45, 2.75) is 55.4 Å². The van der Waals surface area contributed by atoms with Crippen LogP contribution in [-0.4, -0.2) is 4.68 Å². The summed E-state index contributed by atoms with van der Waals surface area (Å²) >= 11 is 0. The van der Waals surface area contributed by atoms with E-state index in [1.807, 2.05) is 4.68 Å². The van der Waals surface area contributed by atoms with Gasteiger partial charge in [-0.2, -0.15) is 0 Å². The van der Waals surface area contributed by atoms with Crippen LogP contribution in [0.3, 0.4) is 0 Å². The second-order valence-electron chi connectivity index (χ2n) is 6.82. The van der Waals surface area contributed by atoms with Crippen LogP contribution in [0.2, 0.25) is 0 Å². The Morgan fingerprint density at radius 2 is 0.727 bits per heavy atom. The lowest BCUT2D eigenvalue weighted by Gasteiger charge is -2.13. The predicted molar refractivity (Wildman–Crippen MR) is 97.5 cm³/mol. The molecule has 2 nitrogen and oxygen atoms in total. The van der Waals surface area contributed by atoms with Gasteiger partial charge >= 0.3 is 0 Å². The van der Waals surface area contributed by atoms with Crippen LogP contribution < -0.4 is 5.84 Å². The van der Waals surface area contributed by atoms with E-state index in [9.17, 15) is 0 Å². The zero-order chi connectivity index (χ0) is 16.5. The molecule has 22 heavy (non-hydrogen) atoms. The molecule has 2 aromatic carbocycles. The fourth-order valence-corrected chi connectivity index (χ4v) is 3.91. The number of hydrogen-bond donors (Lipinski definition) is 1. The number of aromatic nitrogens is 1. The Hall–Kier alpha value is -1.96. The summed E-state index contributed by atoms with van der Waals surface area (Å²) < 4.78 is 1.92. The lowest BCUT2D eigenvalue weighted by atomic mass is 9.90. The maximum Gasteiger partial charge on any atom is 0.0738 e. The van der Waals surface area contributed by atoms with Crippen molar-refractivity contribution >= 4 is 21.8 Å². The van der Waals surface area contributed by atoms with Gasteiger partial charge in [-0.05, 0) is 99.9 Å². The molecule has 0 radical (unpaired) electrons. The quantitative estimate of drug-likeness (QED) is 0.583. The molecule has 0 atom stereocenters. The molecule has 0 saturated carbocycles. The van der Waals surface area contributed by atoms with Crippen molar-refractivity contribution in [3.8, 4) is 0 Å². The highest BCUT2D eigenvalue weighted by atomic mass is 15.3. The molecule has 0 unspecified atom stereocenters. The number of aryl methyl sites for hydroxylation is 4. The molecule has 2 N–H and O–H groups in total. The highest BCUT2D eigenvalue weighted by molar-refractivity contribution is 6.14. The molecular formula is C20H26N2. The highest BCUT2D eigenvalue weighted by Gasteiger charge is 2.21.